The van der Waals surface area contributed by atoms with E-state index in [0.717, 1.165) is 38.9 Å². The van der Waals surface area contributed by atoms with E-state index in [-0.39, 0.29) is 23.0 Å². The molecule has 0 spiro atoms. The quantitative estimate of drug-likeness (QED) is 0.837. The van der Waals surface area contributed by atoms with Crippen LogP contribution in [0.3, 0.4) is 0 Å². The molecule has 3 atom stereocenters. The summed E-state index contributed by atoms with van der Waals surface area (Å²) in [6.45, 7) is 14.5. The zero-order valence-corrected chi connectivity index (χ0v) is 15.6. The Labute approximate surface area is 140 Å². The van der Waals surface area contributed by atoms with Gasteiger partial charge in [0.15, 0.2) is 0 Å². The first kappa shape index (κ1) is 18.5. The summed E-state index contributed by atoms with van der Waals surface area (Å²) in [5, 5.41) is 13.5. The summed E-state index contributed by atoms with van der Waals surface area (Å²) >= 11 is 0. The van der Waals surface area contributed by atoms with Crippen molar-refractivity contribution in [1.29, 1.82) is 0 Å². The molecule has 1 heterocycles. The minimum Gasteiger partial charge on any atom is -0.444 e. The van der Waals surface area contributed by atoms with E-state index in [2.05, 4.69) is 26.1 Å². The first-order valence-electron chi connectivity index (χ1n) is 8.82. The van der Waals surface area contributed by atoms with Crippen LogP contribution >= 0.6 is 0 Å². The van der Waals surface area contributed by atoms with E-state index in [4.69, 9.17) is 4.74 Å². The number of hydrogen-bond acceptors (Lipinski definition) is 4. The van der Waals surface area contributed by atoms with Crippen molar-refractivity contribution in [3.63, 3.8) is 0 Å². The topological polar surface area (TPSA) is 61.8 Å². The molecule has 0 aromatic carbocycles. The number of hydrogen-bond donors (Lipinski definition) is 2. The van der Waals surface area contributed by atoms with Gasteiger partial charge in [-0.3, -0.25) is 0 Å². The highest BCUT2D eigenvalue weighted by Crippen LogP contribution is 2.41. The van der Waals surface area contributed by atoms with Crippen LogP contribution in [0.5, 0.6) is 0 Å². The van der Waals surface area contributed by atoms with Crippen molar-refractivity contribution < 1.29 is 14.6 Å². The maximum atomic E-state index is 12.3. The van der Waals surface area contributed by atoms with Crippen LogP contribution in [0.1, 0.15) is 60.8 Å². The third kappa shape index (κ3) is 4.38. The fourth-order valence-corrected chi connectivity index (χ4v) is 3.56. The van der Waals surface area contributed by atoms with E-state index in [0.29, 0.717) is 6.04 Å². The highest BCUT2D eigenvalue weighted by Gasteiger charge is 2.47. The van der Waals surface area contributed by atoms with Crippen LogP contribution < -0.4 is 5.32 Å². The van der Waals surface area contributed by atoms with Crippen LogP contribution in [0.15, 0.2) is 0 Å². The molecule has 5 nitrogen and oxygen atoms in total. The molecule has 0 aromatic heterocycles. The Hall–Kier alpha value is -0.810. The Morgan fingerprint density at radius 2 is 2.00 bits per heavy atom. The monoisotopic (exact) mass is 326 g/mol. The summed E-state index contributed by atoms with van der Waals surface area (Å²) in [5.74, 6) is 0. The second-order valence-corrected chi connectivity index (χ2v) is 9.32. The highest BCUT2D eigenvalue weighted by atomic mass is 16.6. The fourth-order valence-electron chi connectivity index (χ4n) is 3.56. The largest absolute Gasteiger partial charge is 0.444 e. The number of carbonyl (C=O) groups excluding carboxylic acids is 1. The third-order valence-electron chi connectivity index (χ3n) is 5.42. The average Bonchev–Trinajstić information content (AvgIpc) is 2.41. The predicted octanol–water partition coefficient (Wildman–Crippen LogP) is 2.77. The van der Waals surface area contributed by atoms with E-state index < -0.39 is 5.60 Å². The Kier molecular flexibility index (Phi) is 5.03. The van der Waals surface area contributed by atoms with Crippen molar-refractivity contribution in [3.05, 3.63) is 0 Å². The van der Waals surface area contributed by atoms with Crippen LogP contribution in [-0.4, -0.2) is 53.5 Å². The van der Waals surface area contributed by atoms with Crippen LogP contribution in [-0.2, 0) is 4.74 Å². The number of ether oxygens (including phenoxy) is 1. The second-order valence-electron chi connectivity index (χ2n) is 9.32. The van der Waals surface area contributed by atoms with Crippen molar-refractivity contribution in [2.45, 2.75) is 78.6 Å². The molecule has 0 radical (unpaired) electrons. The number of piperidine rings is 1. The normalized spacial score (nSPS) is 34.0. The molecule has 0 bridgehead atoms. The number of amides is 1. The summed E-state index contributed by atoms with van der Waals surface area (Å²) in [7, 11) is 0. The van der Waals surface area contributed by atoms with Crippen molar-refractivity contribution >= 4 is 6.09 Å². The number of aliphatic hydroxyl groups is 1. The summed E-state index contributed by atoms with van der Waals surface area (Å²) < 4.78 is 5.51. The summed E-state index contributed by atoms with van der Waals surface area (Å²) in [6, 6.07) is 0.353. The van der Waals surface area contributed by atoms with Gasteiger partial charge in [0.25, 0.3) is 0 Å². The number of nitrogens with one attached hydrogen (secondary N) is 1. The van der Waals surface area contributed by atoms with Crippen LogP contribution in [0.2, 0.25) is 0 Å². The predicted molar refractivity (Wildman–Crippen MR) is 91.3 cm³/mol. The second kappa shape index (κ2) is 6.25. The van der Waals surface area contributed by atoms with E-state index in [1.807, 2.05) is 25.7 Å². The lowest BCUT2D eigenvalue weighted by Gasteiger charge is -2.51. The SMILES string of the molecule is CC1(CNC2CC(O)C2(C)C)CCCN(C(=O)OC(C)(C)C)C1. The molecular weight excluding hydrogens is 292 g/mol. The Morgan fingerprint density at radius 1 is 1.35 bits per heavy atom. The lowest BCUT2D eigenvalue weighted by Crippen LogP contribution is -2.62. The van der Waals surface area contributed by atoms with Gasteiger partial charge in [0.05, 0.1) is 6.10 Å². The fraction of sp³-hybridized carbons (Fsp3) is 0.944. The van der Waals surface area contributed by atoms with Crippen molar-refractivity contribution in [2.75, 3.05) is 19.6 Å². The molecule has 2 aliphatic rings. The van der Waals surface area contributed by atoms with Gasteiger partial charge in [0, 0.05) is 31.1 Å². The zero-order valence-electron chi connectivity index (χ0n) is 15.6. The van der Waals surface area contributed by atoms with Gasteiger partial charge < -0.3 is 20.1 Å². The smallest absolute Gasteiger partial charge is 0.410 e. The van der Waals surface area contributed by atoms with Gasteiger partial charge >= 0.3 is 6.09 Å². The Balaban J connectivity index is 1.88. The standard InChI is InChI=1S/C18H34N2O3/c1-16(2,3)23-15(22)20-9-7-8-18(6,12-20)11-19-13-10-14(21)17(13,4)5/h13-14,19,21H,7-12H2,1-6H3. The molecule has 0 aromatic rings. The minimum atomic E-state index is -0.449. The zero-order chi connectivity index (χ0) is 17.5. The minimum absolute atomic E-state index is 0.0596. The van der Waals surface area contributed by atoms with Crippen LogP contribution in [0.4, 0.5) is 4.79 Å². The number of carbonyl (C=O) groups is 1. The maximum Gasteiger partial charge on any atom is 0.410 e. The van der Waals surface area contributed by atoms with E-state index in [9.17, 15) is 9.90 Å². The van der Waals surface area contributed by atoms with Crippen molar-refractivity contribution in [3.8, 4) is 0 Å². The first-order chi connectivity index (χ1) is 10.4. The van der Waals surface area contributed by atoms with Gasteiger partial charge in [-0.1, -0.05) is 20.8 Å². The van der Waals surface area contributed by atoms with Crippen molar-refractivity contribution in [1.82, 2.24) is 10.2 Å². The number of nitrogens with zero attached hydrogens (tertiary/aromatic N) is 1. The molecule has 1 saturated carbocycles. The number of likely N-dealkylation sites (tertiary alicyclic amines) is 1. The molecule has 2 fully saturated rings. The van der Waals surface area contributed by atoms with Crippen LogP contribution in [0, 0.1) is 10.8 Å². The molecule has 23 heavy (non-hydrogen) atoms. The molecule has 2 N–H and O–H groups in total. The molecular formula is C18H34N2O3. The van der Waals surface area contributed by atoms with Crippen molar-refractivity contribution in [2.24, 2.45) is 10.8 Å². The molecule has 134 valence electrons. The lowest BCUT2D eigenvalue weighted by molar-refractivity contribution is -0.0764. The number of aliphatic hydroxyl groups excluding tert-OH is 1. The summed E-state index contributed by atoms with van der Waals surface area (Å²) in [6.07, 6.45) is 2.52. The lowest BCUT2D eigenvalue weighted by atomic mass is 9.64. The maximum absolute atomic E-state index is 12.3. The Bertz CT molecular complexity index is 444. The van der Waals surface area contributed by atoms with Gasteiger partial charge in [-0.25, -0.2) is 4.79 Å². The number of rotatable bonds is 3. The van der Waals surface area contributed by atoms with Gasteiger partial charge in [-0.2, -0.15) is 0 Å². The molecule has 1 aliphatic heterocycles. The molecule has 5 heteroatoms. The molecule has 1 aliphatic carbocycles. The van der Waals surface area contributed by atoms with Gasteiger partial charge in [-0.15, -0.1) is 0 Å². The Morgan fingerprint density at radius 3 is 2.52 bits per heavy atom. The summed E-state index contributed by atoms with van der Waals surface area (Å²) in [5.41, 5.74) is -0.447. The molecule has 3 unspecified atom stereocenters. The van der Waals surface area contributed by atoms with Gasteiger partial charge in [-0.05, 0) is 45.4 Å². The van der Waals surface area contributed by atoms with Gasteiger partial charge in [0.2, 0.25) is 0 Å². The van der Waals surface area contributed by atoms with E-state index in [1.54, 1.807) is 0 Å². The molecule has 1 amide bonds. The van der Waals surface area contributed by atoms with Gasteiger partial charge in [0.1, 0.15) is 5.60 Å². The average molecular weight is 326 g/mol. The van der Waals surface area contributed by atoms with E-state index >= 15 is 0 Å². The third-order valence-corrected chi connectivity index (χ3v) is 5.42. The highest BCUT2D eigenvalue weighted by molar-refractivity contribution is 5.68. The summed E-state index contributed by atoms with van der Waals surface area (Å²) in [4.78, 5) is 14.1. The molecule has 1 saturated heterocycles. The van der Waals surface area contributed by atoms with E-state index in [1.165, 1.54) is 0 Å². The first-order valence-corrected chi connectivity index (χ1v) is 8.82. The molecule has 2 rings (SSSR count). The van der Waals surface area contributed by atoms with Crippen LogP contribution in [0.25, 0.3) is 0 Å².